The van der Waals surface area contributed by atoms with Crippen molar-refractivity contribution in [2.75, 3.05) is 0 Å². The maximum Gasteiger partial charge on any atom is 0.262 e. The van der Waals surface area contributed by atoms with E-state index >= 15 is 0 Å². The topological polar surface area (TPSA) is 58.7 Å². The van der Waals surface area contributed by atoms with E-state index in [0.717, 1.165) is 35.5 Å². The zero-order chi connectivity index (χ0) is 18.4. The lowest BCUT2D eigenvalue weighted by molar-refractivity contribution is 0.541. The summed E-state index contributed by atoms with van der Waals surface area (Å²) in [6.07, 6.45) is 3.17. The van der Waals surface area contributed by atoms with E-state index in [1.165, 1.54) is 0 Å². The van der Waals surface area contributed by atoms with Gasteiger partial charge in [-0.25, -0.2) is 4.98 Å². The van der Waals surface area contributed by atoms with Crippen LogP contribution in [0.25, 0.3) is 10.9 Å². The number of hydrogen-bond acceptors (Lipinski definition) is 4. The minimum Gasteiger partial charge on any atom is -0.287 e. The lowest BCUT2D eigenvalue weighted by atomic mass is 10.2. The van der Waals surface area contributed by atoms with Crippen LogP contribution in [0.15, 0.2) is 58.5 Å². The molecule has 0 spiro atoms. The standard InChI is InChI=1S/C21H21N3OS/c1-2-3-6-12-24-20(25)18-10-4-5-11-19(18)23-21(24)26-15-17-9-7-8-16(13-17)14-22/h4-5,7-11,13H,2-3,6,12,15H2,1H3. The third-order valence-corrected chi connectivity index (χ3v) is 5.28. The SMILES string of the molecule is CCCCCn1c(SCc2cccc(C#N)c2)nc2ccccc2c1=O. The molecule has 2 aromatic carbocycles. The number of benzene rings is 2. The van der Waals surface area contributed by atoms with Crippen LogP contribution in [0.1, 0.15) is 37.3 Å². The molecule has 1 heterocycles. The molecule has 0 aliphatic carbocycles. The third kappa shape index (κ3) is 4.14. The summed E-state index contributed by atoms with van der Waals surface area (Å²) >= 11 is 1.55. The molecule has 26 heavy (non-hydrogen) atoms. The van der Waals surface area contributed by atoms with Crippen LogP contribution >= 0.6 is 11.8 Å². The Morgan fingerprint density at radius 3 is 2.81 bits per heavy atom. The Balaban J connectivity index is 1.93. The minimum atomic E-state index is 0.0278. The minimum absolute atomic E-state index is 0.0278. The predicted molar refractivity (Wildman–Crippen MR) is 106 cm³/mol. The van der Waals surface area contributed by atoms with E-state index in [1.54, 1.807) is 22.4 Å². The first-order chi connectivity index (χ1) is 12.7. The predicted octanol–water partition coefficient (Wildman–Crippen LogP) is 4.75. The van der Waals surface area contributed by atoms with Gasteiger partial charge in [0.15, 0.2) is 5.16 Å². The molecule has 0 atom stereocenters. The van der Waals surface area contributed by atoms with Gasteiger partial charge in [0.05, 0.1) is 22.5 Å². The Kier molecular flexibility index (Phi) is 6.08. The summed E-state index contributed by atoms with van der Waals surface area (Å²) in [5, 5.41) is 10.5. The highest BCUT2D eigenvalue weighted by atomic mass is 32.2. The first-order valence-corrected chi connectivity index (χ1v) is 9.83. The quantitative estimate of drug-likeness (QED) is 0.345. The van der Waals surface area contributed by atoms with Crippen LogP contribution < -0.4 is 5.56 Å². The maximum atomic E-state index is 12.9. The number of thioether (sulfide) groups is 1. The lowest BCUT2D eigenvalue weighted by Gasteiger charge is -2.13. The molecule has 0 amide bonds. The van der Waals surface area contributed by atoms with Crippen LogP contribution in [0.4, 0.5) is 0 Å². The van der Waals surface area contributed by atoms with Gasteiger partial charge in [-0.2, -0.15) is 5.26 Å². The van der Waals surface area contributed by atoms with E-state index in [2.05, 4.69) is 13.0 Å². The van der Waals surface area contributed by atoms with Crippen LogP contribution in [-0.4, -0.2) is 9.55 Å². The van der Waals surface area contributed by atoms with Crippen molar-refractivity contribution in [3.63, 3.8) is 0 Å². The summed E-state index contributed by atoms with van der Waals surface area (Å²) < 4.78 is 1.80. The molecule has 4 nitrogen and oxygen atoms in total. The summed E-state index contributed by atoms with van der Waals surface area (Å²) in [4.78, 5) is 17.7. The largest absolute Gasteiger partial charge is 0.287 e. The van der Waals surface area contributed by atoms with Crippen molar-refractivity contribution in [1.82, 2.24) is 9.55 Å². The number of hydrogen-bond donors (Lipinski definition) is 0. The first kappa shape index (κ1) is 18.2. The zero-order valence-electron chi connectivity index (χ0n) is 14.8. The van der Waals surface area contributed by atoms with Gasteiger partial charge in [0.25, 0.3) is 5.56 Å². The van der Waals surface area contributed by atoms with Gasteiger partial charge < -0.3 is 0 Å². The van der Waals surface area contributed by atoms with Gasteiger partial charge >= 0.3 is 0 Å². The number of fused-ring (bicyclic) bond motifs is 1. The average Bonchev–Trinajstić information content (AvgIpc) is 2.68. The highest BCUT2D eigenvalue weighted by Gasteiger charge is 2.11. The van der Waals surface area contributed by atoms with Gasteiger partial charge in [-0.15, -0.1) is 0 Å². The second-order valence-electron chi connectivity index (χ2n) is 6.18. The van der Waals surface area contributed by atoms with Crippen molar-refractivity contribution >= 4 is 22.7 Å². The number of nitriles is 1. The maximum absolute atomic E-state index is 12.9. The van der Waals surface area contributed by atoms with Crippen LogP contribution in [-0.2, 0) is 12.3 Å². The highest BCUT2D eigenvalue weighted by molar-refractivity contribution is 7.98. The van der Waals surface area contributed by atoms with Crippen molar-refractivity contribution in [2.24, 2.45) is 0 Å². The first-order valence-electron chi connectivity index (χ1n) is 8.84. The van der Waals surface area contributed by atoms with Crippen molar-refractivity contribution in [2.45, 2.75) is 43.6 Å². The second kappa shape index (κ2) is 8.68. The van der Waals surface area contributed by atoms with E-state index < -0.39 is 0 Å². The normalized spacial score (nSPS) is 10.8. The van der Waals surface area contributed by atoms with Gasteiger partial charge in [-0.3, -0.25) is 9.36 Å². The molecule has 3 aromatic rings. The molecule has 0 fully saturated rings. The lowest BCUT2D eigenvalue weighted by Crippen LogP contribution is -2.23. The van der Waals surface area contributed by atoms with Crippen molar-refractivity contribution in [3.8, 4) is 6.07 Å². The summed E-state index contributed by atoms with van der Waals surface area (Å²) in [5.74, 6) is 0.675. The van der Waals surface area contributed by atoms with Gasteiger partial charge in [0, 0.05) is 12.3 Å². The van der Waals surface area contributed by atoms with Crippen LogP contribution in [0, 0.1) is 11.3 Å². The summed E-state index contributed by atoms with van der Waals surface area (Å²) in [5.41, 5.74) is 2.46. The van der Waals surface area contributed by atoms with Gasteiger partial charge in [-0.05, 0) is 36.2 Å². The summed E-state index contributed by atoms with van der Waals surface area (Å²) in [6.45, 7) is 2.84. The van der Waals surface area contributed by atoms with Crippen molar-refractivity contribution in [3.05, 3.63) is 70.0 Å². The number of rotatable bonds is 7. The van der Waals surface area contributed by atoms with E-state index in [9.17, 15) is 4.79 Å². The van der Waals surface area contributed by atoms with E-state index in [0.29, 0.717) is 23.2 Å². The van der Waals surface area contributed by atoms with Crippen LogP contribution in [0.3, 0.4) is 0 Å². The highest BCUT2D eigenvalue weighted by Crippen LogP contribution is 2.23. The Hall–Kier alpha value is -2.58. The fourth-order valence-corrected chi connectivity index (χ4v) is 3.82. The van der Waals surface area contributed by atoms with Gasteiger partial charge in [0.2, 0.25) is 0 Å². The molecule has 5 heteroatoms. The van der Waals surface area contributed by atoms with Crippen molar-refractivity contribution < 1.29 is 0 Å². The molecular weight excluding hydrogens is 342 g/mol. The molecule has 0 saturated heterocycles. The average molecular weight is 363 g/mol. The Morgan fingerprint density at radius 1 is 1.15 bits per heavy atom. The molecule has 0 radical (unpaired) electrons. The van der Waals surface area contributed by atoms with E-state index in [1.807, 2.05) is 42.5 Å². The zero-order valence-corrected chi connectivity index (χ0v) is 15.6. The molecule has 1 aromatic heterocycles. The Labute approximate surface area is 157 Å². The molecule has 132 valence electrons. The summed E-state index contributed by atoms with van der Waals surface area (Å²) in [6, 6.07) is 17.2. The van der Waals surface area contributed by atoms with E-state index in [-0.39, 0.29) is 5.56 Å². The monoisotopic (exact) mass is 363 g/mol. The molecule has 3 rings (SSSR count). The molecule has 0 unspecified atom stereocenters. The summed E-state index contributed by atoms with van der Waals surface area (Å²) in [7, 11) is 0. The van der Waals surface area contributed by atoms with Crippen molar-refractivity contribution in [1.29, 1.82) is 5.26 Å². The molecular formula is C21H21N3OS. The smallest absolute Gasteiger partial charge is 0.262 e. The molecule has 0 aliphatic rings. The van der Waals surface area contributed by atoms with Crippen LogP contribution in [0.2, 0.25) is 0 Å². The van der Waals surface area contributed by atoms with E-state index in [4.69, 9.17) is 10.2 Å². The molecule has 0 bridgehead atoms. The third-order valence-electron chi connectivity index (χ3n) is 4.24. The Bertz CT molecular complexity index is 1000. The molecule has 0 aliphatic heterocycles. The second-order valence-corrected chi connectivity index (χ2v) is 7.12. The number of nitrogens with zero attached hydrogens (tertiary/aromatic N) is 3. The van der Waals surface area contributed by atoms with Gasteiger partial charge in [-0.1, -0.05) is 55.8 Å². The molecule has 0 saturated carbocycles. The number of unbranched alkanes of at least 4 members (excludes halogenated alkanes) is 2. The number of para-hydroxylation sites is 1. The van der Waals surface area contributed by atoms with Crippen LogP contribution in [0.5, 0.6) is 0 Å². The van der Waals surface area contributed by atoms with Gasteiger partial charge in [0.1, 0.15) is 0 Å². The number of aromatic nitrogens is 2. The fraction of sp³-hybridized carbons (Fsp3) is 0.286. The molecule has 0 N–H and O–H groups in total. The Morgan fingerprint density at radius 2 is 2.00 bits per heavy atom. The fourth-order valence-electron chi connectivity index (χ4n) is 2.85.